The topological polar surface area (TPSA) is 89.8 Å². The van der Waals surface area contributed by atoms with Crippen molar-refractivity contribution < 1.29 is 18.1 Å². The van der Waals surface area contributed by atoms with Gasteiger partial charge in [-0.3, -0.25) is 10.1 Å². The van der Waals surface area contributed by atoms with Gasteiger partial charge in [0, 0.05) is 36.5 Å². The number of methoxy groups -OCH3 is 1. The zero-order valence-corrected chi connectivity index (χ0v) is 16.3. The van der Waals surface area contributed by atoms with Gasteiger partial charge in [0.25, 0.3) is 5.69 Å². The van der Waals surface area contributed by atoms with Gasteiger partial charge in [-0.1, -0.05) is 12.1 Å². The SMILES string of the molecule is COc1ccc(C2CC(C)N(c3ccc([N+](=O)[O-])c(S(C)(=O)=O)c3)C2)cc1. The van der Waals surface area contributed by atoms with Gasteiger partial charge in [-0.15, -0.1) is 0 Å². The summed E-state index contributed by atoms with van der Waals surface area (Å²) in [7, 11) is -2.08. The average molecular weight is 390 g/mol. The van der Waals surface area contributed by atoms with Crippen molar-refractivity contribution in [2.24, 2.45) is 0 Å². The van der Waals surface area contributed by atoms with E-state index in [4.69, 9.17) is 4.74 Å². The Hall–Kier alpha value is -2.61. The Labute approximate surface area is 158 Å². The van der Waals surface area contributed by atoms with Gasteiger partial charge < -0.3 is 9.64 Å². The van der Waals surface area contributed by atoms with E-state index >= 15 is 0 Å². The molecule has 0 bridgehead atoms. The van der Waals surface area contributed by atoms with Crippen LogP contribution in [-0.4, -0.2) is 39.3 Å². The summed E-state index contributed by atoms with van der Waals surface area (Å²) in [5.41, 5.74) is 1.49. The van der Waals surface area contributed by atoms with Crippen molar-refractivity contribution >= 4 is 21.2 Å². The number of nitro groups is 1. The van der Waals surface area contributed by atoms with Crippen molar-refractivity contribution in [3.63, 3.8) is 0 Å². The molecule has 1 aliphatic rings. The molecule has 0 aromatic heterocycles. The number of anilines is 1. The van der Waals surface area contributed by atoms with E-state index < -0.39 is 14.8 Å². The van der Waals surface area contributed by atoms with E-state index in [1.807, 2.05) is 24.3 Å². The minimum absolute atomic E-state index is 0.186. The van der Waals surface area contributed by atoms with Gasteiger partial charge >= 0.3 is 0 Å². The van der Waals surface area contributed by atoms with Crippen LogP contribution in [0.1, 0.15) is 24.8 Å². The van der Waals surface area contributed by atoms with E-state index in [-0.39, 0.29) is 16.6 Å². The molecule has 144 valence electrons. The molecular formula is C19H22N2O5S. The highest BCUT2D eigenvalue weighted by atomic mass is 32.2. The zero-order chi connectivity index (χ0) is 19.8. The molecule has 0 amide bonds. The number of hydrogen-bond donors (Lipinski definition) is 0. The Morgan fingerprint density at radius 1 is 1.19 bits per heavy atom. The van der Waals surface area contributed by atoms with E-state index in [0.29, 0.717) is 18.2 Å². The van der Waals surface area contributed by atoms with Crippen LogP contribution < -0.4 is 9.64 Å². The lowest BCUT2D eigenvalue weighted by Crippen LogP contribution is -2.26. The Morgan fingerprint density at radius 2 is 1.85 bits per heavy atom. The summed E-state index contributed by atoms with van der Waals surface area (Å²) in [6.07, 6.45) is 1.91. The lowest BCUT2D eigenvalue weighted by molar-refractivity contribution is -0.387. The first-order valence-electron chi connectivity index (χ1n) is 8.60. The summed E-state index contributed by atoms with van der Waals surface area (Å²) >= 11 is 0. The highest BCUT2D eigenvalue weighted by Crippen LogP contribution is 2.37. The van der Waals surface area contributed by atoms with Crippen molar-refractivity contribution in [3.05, 3.63) is 58.1 Å². The second-order valence-corrected chi connectivity index (χ2v) is 8.87. The maximum absolute atomic E-state index is 12.0. The highest BCUT2D eigenvalue weighted by Gasteiger charge is 2.32. The lowest BCUT2D eigenvalue weighted by atomic mass is 9.97. The molecule has 1 heterocycles. The quantitative estimate of drug-likeness (QED) is 0.574. The van der Waals surface area contributed by atoms with Gasteiger partial charge in [-0.05, 0) is 43.2 Å². The number of nitro benzene ring substituents is 1. The monoisotopic (exact) mass is 390 g/mol. The number of ether oxygens (including phenoxy) is 1. The van der Waals surface area contributed by atoms with Crippen LogP contribution in [0.5, 0.6) is 5.75 Å². The van der Waals surface area contributed by atoms with Crippen LogP contribution in [0.15, 0.2) is 47.4 Å². The van der Waals surface area contributed by atoms with Gasteiger partial charge in [0.05, 0.1) is 12.0 Å². The maximum atomic E-state index is 12.0. The van der Waals surface area contributed by atoms with Crippen molar-refractivity contribution in [1.82, 2.24) is 0 Å². The van der Waals surface area contributed by atoms with Crippen molar-refractivity contribution in [1.29, 1.82) is 0 Å². The minimum atomic E-state index is -3.70. The summed E-state index contributed by atoms with van der Waals surface area (Å²) in [4.78, 5) is 12.4. The fourth-order valence-electron chi connectivity index (χ4n) is 3.64. The van der Waals surface area contributed by atoms with Crippen LogP contribution in [0.3, 0.4) is 0 Å². The van der Waals surface area contributed by atoms with Gasteiger partial charge in [-0.2, -0.15) is 0 Å². The molecule has 0 saturated carbocycles. The molecule has 0 aliphatic carbocycles. The Bertz CT molecular complexity index is 957. The average Bonchev–Trinajstić information content (AvgIpc) is 3.02. The minimum Gasteiger partial charge on any atom is -0.497 e. The van der Waals surface area contributed by atoms with Crippen LogP contribution in [0, 0.1) is 10.1 Å². The number of hydrogen-bond acceptors (Lipinski definition) is 6. The molecule has 7 nitrogen and oxygen atoms in total. The third kappa shape index (κ3) is 3.90. The van der Waals surface area contributed by atoms with Crippen LogP contribution in [0.4, 0.5) is 11.4 Å². The molecule has 3 rings (SSSR count). The molecule has 2 aromatic rings. The third-order valence-corrected chi connectivity index (χ3v) is 6.16. The fourth-order valence-corrected chi connectivity index (χ4v) is 4.49. The van der Waals surface area contributed by atoms with E-state index in [1.54, 1.807) is 13.2 Å². The molecule has 2 unspecified atom stereocenters. The second-order valence-electron chi connectivity index (χ2n) is 6.89. The summed E-state index contributed by atoms with van der Waals surface area (Å²) in [6, 6.07) is 12.4. The van der Waals surface area contributed by atoms with Crippen molar-refractivity contribution in [3.8, 4) is 5.75 Å². The summed E-state index contributed by atoms with van der Waals surface area (Å²) in [5.74, 6) is 1.09. The summed E-state index contributed by atoms with van der Waals surface area (Å²) in [5, 5.41) is 11.2. The molecule has 2 atom stereocenters. The maximum Gasteiger partial charge on any atom is 0.288 e. The molecule has 1 saturated heterocycles. The standard InChI is InChI=1S/C19H22N2O5S/c1-13-10-15(14-4-7-17(26-2)8-5-14)12-20(13)16-6-9-18(21(22)23)19(11-16)27(3,24)25/h4-9,11,13,15H,10,12H2,1-3H3. The van der Waals surface area contributed by atoms with E-state index in [0.717, 1.165) is 18.4 Å². The molecule has 0 N–H and O–H groups in total. The Morgan fingerprint density at radius 3 is 2.41 bits per heavy atom. The molecule has 8 heteroatoms. The van der Waals surface area contributed by atoms with E-state index in [2.05, 4.69) is 11.8 Å². The van der Waals surface area contributed by atoms with Gasteiger partial charge in [0.2, 0.25) is 0 Å². The number of benzene rings is 2. The number of sulfone groups is 1. The van der Waals surface area contributed by atoms with Crippen LogP contribution >= 0.6 is 0 Å². The predicted octanol–water partition coefficient (Wildman–Crippen LogP) is 3.39. The molecule has 1 fully saturated rings. The van der Waals surface area contributed by atoms with E-state index in [1.165, 1.54) is 17.7 Å². The number of nitrogens with zero attached hydrogens (tertiary/aromatic N) is 2. The van der Waals surface area contributed by atoms with Gasteiger partial charge in [0.15, 0.2) is 9.84 Å². The van der Waals surface area contributed by atoms with Crippen LogP contribution in [0.25, 0.3) is 0 Å². The largest absolute Gasteiger partial charge is 0.497 e. The molecular weight excluding hydrogens is 368 g/mol. The van der Waals surface area contributed by atoms with E-state index in [9.17, 15) is 18.5 Å². The van der Waals surface area contributed by atoms with Crippen LogP contribution in [0.2, 0.25) is 0 Å². The number of rotatable bonds is 5. The molecule has 27 heavy (non-hydrogen) atoms. The summed E-state index contributed by atoms with van der Waals surface area (Å²) < 4.78 is 29.2. The van der Waals surface area contributed by atoms with Crippen molar-refractivity contribution in [2.45, 2.75) is 30.2 Å². The first-order valence-corrected chi connectivity index (χ1v) is 10.5. The lowest BCUT2D eigenvalue weighted by Gasteiger charge is -2.24. The van der Waals surface area contributed by atoms with Gasteiger partial charge in [-0.25, -0.2) is 8.42 Å². The molecule has 0 spiro atoms. The zero-order valence-electron chi connectivity index (χ0n) is 15.5. The Kier molecular flexibility index (Phi) is 5.10. The second kappa shape index (κ2) is 7.19. The fraction of sp³-hybridized carbons (Fsp3) is 0.368. The van der Waals surface area contributed by atoms with Gasteiger partial charge in [0.1, 0.15) is 10.6 Å². The highest BCUT2D eigenvalue weighted by molar-refractivity contribution is 7.90. The first-order chi connectivity index (χ1) is 12.7. The third-order valence-electron chi connectivity index (χ3n) is 5.03. The predicted molar refractivity (Wildman–Crippen MR) is 103 cm³/mol. The summed E-state index contributed by atoms with van der Waals surface area (Å²) in [6.45, 7) is 2.79. The molecule has 1 aliphatic heterocycles. The molecule has 2 aromatic carbocycles. The Balaban J connectivity index is 1.91. The smallest absolute Gasteiger partial charge is 0.288 e. The molecule has 0 radical (unpaired) electrons. The normalized spacial score (nSPS) is 19.9. The van der Waals surface area contributed by atoms with Crippen molar-refractivity contribution in [2.75, 3.05) is 24.8 Å². The van der Waals surface area contributed by atoms with Crippen LogP contribution in [-0.2, 0) is 9.84 Å². The first kappa shape index (κ1) is 19.2.